The molecule has 0 bridgehead atoms. The van der Waals surface area contributed by atoms with Crippen molar-refractivity contribution < 1.29 is 4.79 Å². The number of nitrogens with zero attached hydrogens (tertiary/aromatic N) is 2. The lowest BCUT2D eigenvalue weighted by Crippen LogP contribution is -2.35. The Morgan fingerprint density at radius 3 is 2.26 bits per heavy atom. The lowest BCUT2D eigenvalue weighted by atomic mass is 9.81. The number of carbonyl (C=O) groups is 1. The number of benzene rings is 2. The second kappa shape index (κ2) is 5.65. The van der Waals surface area contributed by atoms with E-state index in [9.17, 15) is 4.79 Å². The van der Waals surface area contributed by atoms with Gasteiger partial charge in [0.05, 0.1) is 16.4 Å². The molecule has 0 amide bonds. The monoisotopic (exact) mass is 306 g/mol. The molecule has 0 fully saturated rings. The number of hydrogen-bond acceptors (Lipinski definition) is 2. The van der Waals surface area contributed by atoms with Gasteiger partial charge in [-0.2, -0.15) is 0 Å². The summed E-state index contributed by atoms with van der Waals surface area (Å²) >= 11 is 0. The van der Waals surface area contributed by atoms with Crippen LogP contribution in [0.3, 0.4) is 0 Å². The number of Topliss-reactive ketones (excluding diaryl/α,β-unsaturated/α-hetero) is 1. The van der Waals surface area contributed by atoms with E-state index in [0.29, 0.717) is 0 Å². The number of fused-ring (bicyclic) bond motifs is 1. The van der Waals surface area contributed by atoms with Crippen molar-refractivity contribution in [1.29, 1.82) is 0 Å². The zero-order chi connectivity index (χ0) is 16.6. The van der Waals surface area contributed by atoms with Crippen molar-refractivity contribution >= 4 is 16.8 Å². The Morgan fingerprint density at radius 1 is 1.00 bits per heavy atom. The standard InChI is InChI=1S/C20H22N2O/c1-14(2)18(23)20(3,4)19-21-16-12-8-9-13-17(16)22(19)15-10-6-5-7-11-15/h5-14H,1-4H3. The van der Waals surface area contributed by atoms with Crippen LogP contribution in [0.4, 0.5) is 0 Å². The molecule has 1 heterocycles. The lowest BCUT2D eigenvalue weighted by Gasteiger charge is -2.26. The van der Waals surface area contributed by atoms with Crippen molar-refractivity contribution in [3.05, 3.63) is 60.4 Å². The molecular formula is C20H22N2O. The minimum absolute atomic E-state index is 0.0333. The van der Waals surface area contributed by atoms with Gasteiger partial charge in [0.2, 0.25) is 0 Å². The summed E-state index contributed by atoms with van der Waals surface area (Å²) in [5.74, 6) is 0.961. The summed E-state index contributed by atoms with van der Waals surface area (Å²) in [6.45, 7) is 7.82. The summed E-state index contributed by atoms with van der Waals surface area (Å²) in [4.78, 5) is 17.6. The molecule has 0 atom stereocenters. The highest BCUT2D eigenvalue weighted by atomic mass is 16.1. The lowest BCUT2D eigenvalue weighted by molar-refractivity contribution is -0.126. The molecule has 1 aromatic heterocycles. The number of imidazole rings is 1. The molecule has 0 aliphatic heterocycles. The molecule has 0 N–H and O–H groups in total. The summed E-state index contributed by atoms with van der Waals surface area (Å²) in [6, 6.07) is 18.1. The van der Waals surface area contributed by atoms with Crippen molar-refractivity contribution in [3.8, 4) is 5.69 Å². The summed E-state index contributed by atoms with van der Waals surface area (Å²) in [5, 5.41) is 0. The molecular weight excluding hydrogens is 284 g/mol. The zero-order valence-corrected chi connectivity index (χ0v) is 14.1. The van der Waals surface area contributed by atoms with Gasteiger partial charge in [0.1, 0.15) is 11.6 Å². The molecule has 118 valence electrons. The molecule has 2 aromatic carbocycles. The summed E-state index contributed by atoms with van der Waals surface area (Å²) < 4.78 is 2.11. The maximum absolute atomic E-state index is 12.8. The van der Waals surface area contributed by atoms with Crippen LogP contribution in [0.15, 0.2) is 54.6 Å². The van der Waals surface area contributed by atoms with Gasteiger partial charge in [-0.05, 0) is 38.1 Å². The SMILES string of the molecule is CC(C)C(=O)C(C)(C)c1nc2ccccc2n1-c1ccccc1. The van der Waals surface area contributed by atoms with Crippen molar-refractivity contribution in [1.82, 2.24) is 9.55 Å². The zero-order valence-electron chi connectivity index (χ0n) is 14.1. The normalized spacial score (nSPS) is 12.0. The van der Waals surface area contributed by atoms with Gasteiger partial charge in [-0.1, -0.05) is 44.2 Å². The minimum Gasteiger partial charge on any atom is -0.298 e. The van der Waals surface area contributed by atoms with Crippen LogP contribution in [0, 0.1) is 5.92 Å². The van der Waals surface area contributed by atoms with Crippen LogP contribution in [0.1, 0.15) is 33.5 Å². The number of para-hydroxylation sites is 3. The van der Waals surface area contributed by atoms with Crippen LogP contribution in [0.2, 0.25) is 0 Å². The molecule has 3 heteroatoms. The predicted octanol–water partition coefficient (Wildman–Crippen LogP) is 4.53. The van der Waals surface area contributed by atoms with Crippen molar-refractivity contribution in [2.75, 3.05) is 0 Å². The number of aromatic nitrogens is 2. The molecule has 0 spiro atoms. The molecule has 0 radical (unpaired) electrons. The molecule has 0 saturated heterocycles. The highest BCUT2D eigenvalue weighted by Gasteiger charge is 2.36. The second-order valence-electron chi connectivity index (χ2n) is 6.74. The van der Waals surface area contributed by atoms with E-state index in [1.807, 2.05) is 76.2 Å². The predicted molar refractivity (Wildman–Crippen MR) is 93.9 cm³/mol. The van der Waals surface area contributed by atoms with E-state index < -0.39 is 5.41 Å². The van der Waals surface area contributed by atoms with E-state index in [1.54, 1.807) is 0 Å². The van der Waals surface area contributed by atoms with Gasteiger partial charge in [-0.25, -0.2) is 4.98 Å². The average Bonchev–Trinajstić information content (AvgIpc) is 2.95. The van der Waals surface area contributed by atoms with E-state index in [0.717, 1.165) is 22.5 Å². The Hall–Kier alpha value is -2.42. The molecule has 0 aliphatic rings. The summed E-state index contributed by atoms with van der Waals surface area (Å²) in [6.07, 6.45) is 0. The Kier molecular flexibility index (Phi) is 3.80. The first-order chi connectivity index (χ1) is 10.9. The van der Waals surface area contributed by atoms with Gasteiger partial charge in [-0.15, -0.1) is 0 Å². The van der Waals surface area contributed by atoms with Crippen LogP contribution >= 0.6 is 0 Å². The highest BCUT2D eigenvalue weighted by molar-refractivity contribution is 5.91. The number of carbonyl (C=O) groups excluding carboxylic acids is 1. The Morgan fingerprint density at radius 2 is 1.61 bits per heavy atom. The first kappa shape index (κ1) is 15.5. The smallest absolute Gasteiger partial charge is 0.148 e. The Balaban J connectivity index is 2.31. The van der Waals surface area contributed by atoms with E-state index in [-0.39, 0.29) is 11.7 Å². The largest absolute Gasteiger partial charge is 0.298 e. The maximum atomic E-state index is 12.8. The van der Waals surface area contributed by atoms with Crippen molar-refractivity contribution in [3.63, 3.8) is 0 Å². The first-order valence-electron chi connectivity index (χ1n) is 8.00. The van der Waals surface area contributed by atoms with E-state index in [4.69, 9.17) is 4.98 Å². The molecule has 0 saturated carbocycles. The van der Waals surface area contributed by atoms with Gasteiger partial charge in [0.15, 0.2) is 0 Å². The third-order valence-electron chi connectivity index (χ3n) is 4.27. The molecule has 3 aromatic rings. The second-order valence-corrected chi connectivity index (χ2v) is 6.74. The molecule has 0 aliphatic carbocycles. The third-order valence-corrected chi connectivity index (χ3v) is 4.27. The fourth-order valence-corrected chi connectivity index (χ4v) is 3.12. The van der Waals surface area contributed by atoms with Crippen LogP contribution in [0.5, 0.6) is 0 Å². The molecule has 0 unspecified atom stereocenters. The highest BCUT2D eigenvalue weighted by Crippen LogP contribution is 2.32. The van der Waals surface area contributed by atoms with Crippen LogP contribution in [-0.2, 0) is 10.2 Å². The molecule has 23 heavy (non-hydrogen) atoms. The van der Waals surface area contributed by atoms with Crippen LogP contribution in [-0.4, -0.2) is 15.3 Å². The quantitative estimate of drug-likeness (QED) is 0.710. The van der Waals surface area contributed by atoms with Gasteiger partial charge < -0.3 is 0 Å². The maximum Gasteiger partial charge on any atom is 0.148 e. The molecule has 3 rings (SSSR count). The summed E-state index contributed by atoms with van der Waals surface area (Å²) in [5.41, 5.74) is 2.32. The number of rotatable bonds is 4. The topological polar surface area (TPSA) is 34.9 Å². The van der Waals surface area contributed by atoms with Crippen LogP contribution in [0.25, 0.3) is 16.7 Å². The number of ketones is 1. The molecule has 3 nitrogen and oxygen atoms in total. The van der Waals surface area contributed by atoms with Gasteiger partial charge in [-0.3, -0.25) is 9.36 Å². The first-order valence-corrected chi connectivity index (χ1v) is 8.00. The number of hydrogen-bond donors (Lipinski definition) is 0. The fraction of sp³-hybridized carbons (Fsp3) is 0.300. The van der Waals surface area contributed by atoms with E-state index >= 15 is 0 Å². The van der Waals surface area contributed by atoms with Gasteiger partial charge in [0.25, 0.3) is 0 Å². The van der Waals surface area contributed by atoms with E-state index in [1.165, 1.54) is 0 Å². The average molecular weight is 306 g/mol. The van der Waals surface area contributed by atoms with Crippen LogP contribution < -0.4 is 0 Å². The van der Waals surface area contributed by atoms with Crippen molar-refractivity contribution in [2.24, 2.45) is 5.92 Å². The van der Waals surface area contributed by atoms with E-state index in [2.05, 4.69) is 10.6 Å². The van der Waals surface area contributed by atoms with Gasteiger partial charge >= 0.3 is 0 Å². The van der Waals surface area contributed by atoms with Gasteiger partial charge in [0, 0.05) is 11.6 Å². The Bertz CT molecular complexity index is 844. The Labute approximate surface area is 137 Å². The fourth-order valence-electron chi connectivity index (χ4n) is 3.12. The van der Waals surface area contributed by atoms with Crippen molar-refractivity contribution in [2.45, 2.75) is 33.1 Å². The minimum atomic E-state index is -0.650. The summed E-state index contributed by atoms with van der Waals surface area (Å²) in [7, 11) is 0. The third kappa shape index (κ3) is 2.56.